The number of anilines is 1. The van der Waals surface area contributed by atoms with Crippen molar-refractivity contribution in [2.24, 2.45) is 0 Å². The minimum Gasteiger partial charge on any atom is 0.0386 e. The molecule has 0 bridgehead atoms. The molecular weight excluding hydrogens is 667 g/mol. The Balaban J connectivity index is 1.23. The Kier molecular flexibility index (Phi) is 8.29. The third-order valence-electron chi connectivity index (χ3n) is 7.82. The number of carbonyl (C=O) groups is 2. The molecule has 0 radical (unpaired) electrons. The first-order valence-corrected chi connectivity index (χ1v) is 17.4. The molecule has 1 aromatic carbocycles. The molecule has 0 unspecified atom stereocenters. The van der Waals surface area contributed by atoms with Crippen LogP contribution in [-0.4, -0.2) is 90.4 Å². The zero-order chi connectivity index (χ0) is 29.2. The average molecular weight is 698 g/mol. The van der Waals surface area contributed by atoms with E-state index in [9.17, 15) is 9.59 Å². The maximum Gasteiger partial charge on any atom is 0.0400 e. The van der Waals surface area contributed by atoms with E-state index in [1.165, 1.54) is 11.6 Å². The van der Waals surface area contributed by atoms with Crippen molar-refractivity contribution in [3.8, 4) is 17.1 Å². The Morgan fingerprint density at radius 3 is 2.50 bits per heavy atom. The number of hydrogen-bond acceptors (Lipinski definition) is 6. The van der Waals surface area contributed by atoms with Crippen LogP contribution in [-0.2, 0) is 4.79 Å². The second-order valence-corrected chi connectivity index (χ2v) is 12.3. The average Bonchev–Trinajstić information content (AvgIpc) is 3.66. The van der Waals surface area contributed by atoms with Gasteiger partial charge >= 0.3 is 197 Å². The van der Waals surface area contributed by atoms with Gasteiger partial charge in [0.1, 0.15) is 0 Å². The van der Waals surface area contributed by atoms with Crippen LogP contribution in [0, 0.1) is 0 Å². The standard InChI is InChI=1S/C30H31ClIN8O2/c1-3-26(41)37-15-17-38(18-16-37)30(42)39-14-12-21(19-39)20-6-8-22(9-7-20)40-28(23-5-4-13-33-27(23)36-32-2)34-24-10-11-25(31)35-29(24)40/h3-11,13,21H,1,12,14-19H2,2H3,(H,33,36)/q-1/t21-/m0/s1. The summed E-state index contributed by atoms with van der Waals surface area (Å²) in [5.74, 6) is 1.71. The zero-order valence-electron chi connectivity index (χ0n) is 23.2. The predicted octanol–water partition coefficient (Wildman–Crippen LogP) is 1.42. The topological polar surface area (TPSA) is 99.5 Å². The van der Waals surface area contributed by atoms with Crippen LogP contribution in [0.25, 0.3) is 28.2 Å². The van der Waals surface area contributed by atoms with Gasteiger partial charge in [0.25, 0.3) is 0 Å². The molecule has 2 fully saturated rings. The van der Waals surface area contributed by atoms with Gasteiger partial charge in [-0.15, -0.1) is 0 Å². The molecule has 0 saturated carbocycles. The maximum atomic E-state index is 13.2. The second kappa shape index (κ2) is 12.3. The number of amides is 3. The summed E-state index contributed by atoms with van der Waals surface area (Å²) in [6.07, 6.45) is 4.01. The van der Waals surface area contributed by atoms with Crippen molar-refractivity contribution in [2.75, 3.05) is 47.7 Å². The second-order valence-electron chi connectivity index (χ2n) is 10.3. The molecule has 10 nitrogen and oxygen atoms in total. The van der Waals surface area contributed by atoms with Gasteiger partial charge in [0.2, 0.25) is 5.91 Å². The Hall–Kier alpha value is -3.71. The number of imidazole rings is 1. The number of fused-ring (bicyclic) bond motifs is 1. The minimum absolute atomic E-state index is 0.0488. The molecule has 2 aliphatic heterocycles. The summed E-state index contributed by atoms with van der Waals surface area (Å²) >= 11 is 6.08. The number of nitrogens with zero attached hydrogens (tertiary/aromatic N) is 7. The van der Waals surface area contributed by atoms with Crippen molar-refractivity contribution in [3.05, 3.63) is 78.1 Å². The maximum absolute atomic E-state index is 13.2. The molecule has 1 N–H and O–H groups in total. The number of aromatic nitrogens is 4. The monoisotopic (exact) mass is 697 g/mol. The molecule has 0 aliphatic carbocycles. The van der Waals surface area contributed by atoms with E-state index >= 15 is 0 Å². The SMILES string of the molecule is C=CC(=O)N1CCN(C(=O)N2CC[C@H](c3ccc(-n4c(-c5cccnc5N[I-]C)nc5ccc(Cl)nc54)cc3)C2)CC1. The van der Waals surface area contributed by atoms with Gasteiger partial charge in [-0.05, 0) is 6.08 Å². The number of pyridine rings is 2. The summed E-state index contributed by atoms with van der Waals surface area (Å²) in [5, 5.41) is 0.403. The molecule has 12 heteroatoms. The fourth-order valence-corrected chi connectivity index (χ4v) is 6.74. The van der Waals surface area contributed by atoms with E-state index in [-0.39, 0.29) is 39.3 Å². The molecule has 6 rings (SSSR count). The Bertz CT molecular complexity index is 1630. The number of halogens is 2. The van der Waals surface area contributed by atoms with Gasteiger partial charge in [-0.1, -0.05) is 6.58 Å². The van der Waals surface area contributed by atoms with Gasteiger partial charge in [-0.2, -0.15) is 0 Å². The minimum atomic E-state index is -0.240. The van der Waals surface area contributed by atoms with Gasteiger partial charge in [-0.3, -0.25) is 4.79 Å². The number of carbonyl (C=O) groups excluding carboxylic acids is 2. The van der Waals surface area contributed by atoms with Gasteiger partial charge in [0.15, 0.2) is 0 Å². The van der Waals surface area contributed by atoms with Crippen molar-refractivity contribution in [1.29, 1.82) is 0 Å². The first-order valence-electron chi connectivity index (χ1n) is 13.8. The van der Waals surface area contributed by atoms with Crippen LogP contribution in [0.15, 0.2) is 67.4 Å². The number of likely N-dealkylation sites (tertiary alicyclic amines) is 1. The first kappa shape index (κ1) is 28.4. The number of hydrogen-bond donors (Lipinski definition) is 1. The third kappa shape index (κ3) is 5.54. The first-order chi connectivity index (χ1) is 20.5. The zero-order valence-corrected chi connectivity index (χ0v) is 26.1. The van der Waals surface area contributed by atoms with Crippen LogP contribution in [0.5, 0.6) is 0 Å². The van der Waals surface area contributed by atoms with Crippen molar-refractivity contribution in [3.63, 3.8) is 0 Å². The van der Waals surface area contributed by atoms with Gasteiger partial charge < -0.3 is 9.80 Å². The van der Waals surface area contributed by atoms with Gasteiger partial charge in [0.05, 0.1) is 0 Å². The predicted molar refractivity (Wildman–Crippen MR) is 159 cm³/mol. The van der Waals surface area contributed by atoms with Crippen molar-refractivity contribution in [2.45, 2.75) is 12.3 Å². The summed E-state index contributed by atoms with van der Waals surface area (Å²) in [4.78, 5) is 46.9. The van der Waals surface area contributed by atoms with E-state index in [0.717, 1.165) is 34.8 Å². The molecular formula is C30H31ClIN8O2-. The molecule has 42 heavy (non-hydrogen) atoms. The van der Waals surface area contributed by atoms with E-state index in [2.05, 4.69) is 49.3 Å². The van der Waals surface area contributed by atoms with Crippen molar-refractivity contribution in [1.82, 2.24) is 34.2 Å². The molecule has 5 heterocycles. The van der Waals surface area contributed by atoms with Crippen LogP contribution >= 0.6 is 11.6 Å². The van der Waals surface area contributed by atoms with Gasteiger partial charge in [0, 0.05) is 26.2 Å². The Morgan fingerprint density at radius 2 is 1.76 bits per heavy atom. The Morgan fingerprint density at radius 1 is 1.00 bits per heavy atom. The number of benzene rings is 1. The summed E-state index contributed by atoms with van der Waals surface area (Å²) in [7, 11) is 0. The molecule has 1 atom stereocenters. The van der Waals surface area contributed by atoms with E-state index in [4.69, 9.17) is 16.6 Å². The van der Waals surface area contributed by atoms with E-state index in [0.29, 0.717) is 50.1 Å². The van der Waals surface area contributed by atoms with E-state index in [1.807, 2.05) is 32.6 Å². The van der Waals surface area contributed by atoms with Crippen LogP contribution in [0.2, 0.25) is 5.15 Å². The van der Waals surface area contributed by atoms with Crippen LogP contribution in [0.1, 0.15) is 17.9 Å². The van der Waals surface area contributed by atoms with Crippen molar-refractivity contribution >= 4 is 40.5 Å². The molecule has 0 spiro atoms. The van der Waals surface area contributed by atoms with E-state index < -0.39 is 0 Å². The number of rotatable bonds is 6. The quantitative estimate of drug-likeness (QED) is 0.108. The number of urea groups is 1. The summed E-state index contributed by atoms with van der Waals surface area (Å²) in [5.41, 5.74) is 4.44. The van der Waals surface area contributed by atoms with Crippen molar-refractivity contribution < 1.29 is 31.1 Å². The molecule has 218 valence electrons. The number of nitrogens with one attached hydrogen (secondary N) is 1. The van der Waals surface area contributed by atoms with Crippen LogP contribution in [0.4, 0.5) is 10.6 Å². The Labute approximate surface area is 260 Å². The molecule has 2 aliphatic rings. The number of alkyl halides is 1. The summed E-state index contributed by atoms with van der Waals surface area (Å²) < 4.78 is 5.47. The fourth-order valence-electron chi connectivity index (χ4n) is 5.66. The normalized spacial score (nSPS) is 17.2. The fraction of sp³-hybridized carbons (Fsp3) is 0.300. The van der Waals surface area contributed by atoms with Crippen LogP contribution in [0.3, 0.4) is 0 Å². The summed E-state index contributed by atoms with van der Waals surface area (Å²) in [6, 6.07) is 16.0. The molecule has 3 aromatic heterocycles. The van der Waals surface area contributed by atoms with Gasteiger partial charge in [-0.25, -0.2) is 4.79 Å². The molecule has 3 amide bonds. The van der Waals surface area contributed by atoms with Crippen LogP contribution < -0.4 is 25.0 Å². The summed E-state index contributed by atoms with van der Waals surface area (Å²) in [6.45, 7) is 7.11. The van der Waals surface area contributed by atoms with E-state index in [1.54, 1.807) is 17.2 Å². The number of piperazine rings is 1. The smallest absolute Gasteiger partial charge is 0.0386 e. The molecule has 4 aromatic rings. The largest absolute Gasteiger partial charge is 0.0400 e. The third-order valence-corrected chi connectivity index (χ3v) is 9.08. The molecule has 2 saturated heterocycles.